The molecule has 14 rings (SSSR count). The molecule has 29 heteroatoms. The van der Waals surface area contributed by atoms with Gasteiger partial charge < -0.3 is 39.7 Å². The van der Waals surface area contributed by atoms with Crippen LogP contribution in [0.15, 0.2) is 91.4 Å². The van der Waals surface area contributed by atoms with E-state index in [0.717, 1.165) is 31.2 Å². The molecule has 8 heterocycles. The van der Waals surface area contributed by atoms with Crippen LogP contribution in [-0.4, -0.2) is 136 Å². The molecule has 2 aliphatic carbocycles. The maximum absolute atomic E-state index is 15.5. The molecule has 4 aromatic carbocycles. The molecule has 8 aliphatic rings. The number of sulfonamides is 1. The van der Waals surface area contributed by atoms with Crippen LogP contribution in [-0.2, 0) is 67.9 Å². The third kappa shape index (κ3) is 10.1. The predicted molar refractivity (Wildman–Crippen MR) is 284 cm³/mol. The minimum absolute atomic E-state index is 0.0275. The molecule has 4 saturated heterocycles. The average Bonchev–Trinajstić information content (AvgIpc) is 4.18. The Kier molecular flexibility index (Phi) is 14.0. The second-order valence-electron chi connectivity index (χ2n) is 21.3. The van der Waals surface area contributed by atoms with Crippen molar-refractivity contribution in [3.8, 4) is 22.9 Å². The zero-order valence-corrected chi connectivity index (χ0v) is 46.6. The number of fused-ring (bicyclic) bond motifs is 6. The van der Waals surface area contributed by atoms with Gasteiger partial charge in [-0.1, -0.05) is 47.5 Å². The number of carbonyl (C=O) groups excluding carboxylic acids is 3. The van der Waals surface area contributed by atoms with Gasteiger partial charge in [0, 0.05) is 36.2 Å². The molecule has 6 fully saturated rings. The first kappa shape index (κ1) is 55.4. The number of amides is 3. The van der Waals surface area contributed by atoms with Crippen molar-refractivity contribution >= 4 is 82.2 Å². The van der Waals surface area contributed by atoms with Gasteiger partial charge in [0.2, 0.25) is 33.6 Å². The molecule has 4 bridgehead atoms. The molecule has 0 unspecified atom stereocenters. The Labute approximate surface area is 467 Å². The van der Waals surface area contributed by atoms with E-state index in [-0.39, 0.29) is 87.3 Å². The molecule has 3 amide bonds. The lowest BCUT2D eigenvalue weighted by molar-refractivity contribution is -0.120. The first-order valence-electron chi connectivity index (χ1n) is 25.0. The fourth-order valence-electron chi connectivity index (χ4n) is 11.8. The summed E-state index contributed by atoms with van der Waals surface area (Å²) < 4.78 is 126. The number of rotatable bonds is 9. The van der Waals surface area contributed by atoms with Crippen molar-refractivity contribution < 1.29 is 62.0 Å². The molecule has 22 nitrogen and oxygen atoms in total. The van der Waals surface area contributed by atoms with E-state index in [2.05, 4.69) is 20.4 Å². The van der Waals surface area contributed by atoms with Crippen molar-refractivity contribution in [3.05, 3.63) is 117 Å². The summed E-state index contributed by atoms with van der Waals surface area (Å²) >= 11 is 12.0. The second kappa shape index (κ2) is 20.2. The highest BCUT2D eigenvalue weighted by Gasteiger charge is 2.57. The standard InChI is InChI=1S/C26H25ClFN5O6S.C25H25ClFN5O6S2/c1-38-25(35)32-10-15-8-26(9-15,13-32)24-31-30-22(39-24)17-6-20-21(7-18(17)28)40(36,37)12-19(29)23(34)33(20)11-14-2-4-16(27)5-3-14;1-39(34,35)31-10-15-8-25(9-15,13-31)24-30-29-22(38-24)17-6-20-21(7-18(17)27)40(36,37)12-19(28)23(33)32(20)11-14-2-4-16(26)5-3-14/h2-7,15,19H,8-13,29H2,1H3;2-7,15,19H,8-13,28H2,1H3/t15?,19-,26?;15?,19-,25?/m00/s1. The highest BCUT2D eigenvalue weighted by atomic mass is 35.5. The van der Waals surface area contributed by atoms with E-state index in [1.807, 2.05) is 0 Å². The van der Waals surface area contributed by atoms with E-state index in [4.69, 9.17) is 48.2 Å². The van der Waals surface area contributed by atoms with Gasteiger partial charge in [-0.15, -0.1) is 20.4 Å². The number of nitrogens with zero attached hydrogens (tertiary/aromatic N) is 8. The molecule has 2 saturated carbocycles. The van der Waals surface area contributed by atoms with Gasteiger partial charge in [-0.2, -0.15) is 0 Å². The summed E-state index contributed by atoms with van der Waals surface area (Å²) in [5.74, 6) is -4.00. The topological polar surface area (TPSA) is 306 Å². The molecule has 6 aromatic rings. The maximum Gasteiger partial charge on any atom is 0.409 e. The number of anilines is 2. The first-order valence-corrected chi connectivity index (χ1v) is 30.9. The van der Waals surface area contributed by atoms with Crippen molar-refractivity contribution in [3.63, 3.8) is 0 Å². The zero-order valence-electron chi connectivity index (χ0n) is 42.6. The normalized spacial score (nSPS) is 25.7. The number of ether oxygens (including phenoxy) is 1. The van der Waals surface area contributed by atoms with Gasteiger partial charge in [0.05, 0.1) is 93.2 Å². The number of halogens is 4. The van der Waals surface area contributed by atoms with Crippen LogP contribution in [0.5, 0.6) is 0 Å². The van der Waals surface area contributed by atoms with Crippen LogP contribution in [0, 0.1) is 23.5 Å². The predicted octanol–water partition coefficient (Wildman–Crippen LogP) is 5.01. The van der Waals surface area contributed by atoms with Crippen LogP contribution >= 0.6 is 23.2 Å². The summed E-state index contributed by atoms with van der Waals surface area (Å²) in [6, 6.07) is 14.7. The van der Waals surface area contributed by atoms with E-state index < -0.39 is 93.7 Å². The van der Waals surface area contributed by atoms with Gasteiger partial charge in [-0.3, -0.25) is 9.59 Å². The van der Waals surface area contributed by atoms with Crippen molar-refractivity contribution in [1.82, 2.24) is 29.6 Å². The van der Waals surface area contributed by atoms with Gasteiger partial charge in [0.1, 0.15) is 11.6 Å². The maximum atomic E-state index is 15.5. The number of methoxy groups -OCH3 is 1. The number of sulfone groups is 2. The Morgan fingerprint density at radius 3 is 1.51 bits per heavy atom. The van der Waals surface area contributed by atoms with Crippen LogP contribution in [0.25, 0.3) is 22.9 Å². The Balaban J connectivity index is 0.000000169. The van der Waals surface area contributed by atoms with E-state index in [0.29, 0.717) is 53.6 Å². The summed E-state index contributed by atoms with van der Waals surface area (Å²) in [5, 5.41) is 17.4. The molecule has 422 valence electrons. The monoisotopic (exact) mass is 1200 g/mol. The smallest absolute Gasteiger partial charge is 0.409 e. The number of aromatic nitrogens is 4. The lowest BCUT2D eigenvalue weighted by atomic mass is 9.58. The highest BCUT2D eigenvalue weighted by molar-refractivity contribution is 7.92. The minimum Gasteiger partial charge on any atom is -0.453 e. The van der Waals surface area contributed by atoms with Crippen molar-refractivity contribution in [1.29, 1.82) is 0 Å². The van der Waals surface area contributed by atoms with Crippen LogP contribution in [0.4, 0.5) is 25.0 Å². The third-order valence-corrected chi connectivity index (χ3v) is 20.9. The Morgan fingerprint density at radius 2 is 1.10 bits per heavy atom. The Bertz CT molecular complexity index is 3860. The van der Waals surface area contributed by atoms with Gasteiger partial charge in [0.15, 0.2) is 19.7 Å². The van der Waals surface area contributed by atoms with Crippen molar-refractivity contribution in [2.24, 2.45) is 23.3 Å². The Hall–Kier alpha value is -6.46. The molecule has 6 aliphatic heterocycles. The average molecular weight is 1200 g/mol. The summed E-state index contributed by atoms with van der Waals surface area (Å²) in [4.78, 5) is 42.0. The third-order valence-electron chi connectivity index (χ3n) is 15.6. The quantitative estimate of drug-likeness (QED) is 0.192. The van der Waals surface area contributed by atoms with E-state index in [9.17, 15) is 39.6 Å². The lowest BCUT2D eigenvalue weighted by Crippen LogP contribution is -2.60. The first-order chi connectivity index (χ1) is 37.7. The molecule has 0 spiro atoms. The van der Waals surface area contributed by atoms with E-state index >= 15 is 8.78 Å². The fourth-order valence-corrected chi connectivity index (χ4v) is 16.1. The van der Waals surface area contributed by atoms with Crippen LogP contribution in [0.3, 0.4) is 0 Å². The largest absolute Gasteiger partial charge is 0.453 e. The minimum atomic E-state index is -4.13. The molecular formula is C51H50Cl2F2N10O12S3. The number of piperidine rings is 4. The molecule has 80 heavy (non-hydrogen) atoms. The van der Waals surface area contributed by atoms with E-state index in [1.165, 1.54) is 33.3 Å². The number of hydrogen-bond acceptors (Lipinski definition) is 18. The second-order valence-corrected chi connectivity index (χ2v) is 28.2. The molecular weight excluding hydrogens is 1150 g/mol. The number of nitrogens with two attached hydrogens (primary N) is 2. The van der Waals surface area contributed by atoms with Crippen molar-refractivity contribution in [2.75, 3.05) is 60.9 Å². The van der Waals surface area contributed by atoms with Gasteiger partial charge in [-0.05, 0) is 97.2 Å². The number of hydrogen-bond donors (Lipinski definition) is 2. The highest BCUT2D eigenvalue weighted by Crippen LogP contribution is 2.54. The SMILES string of the molecule is COC(=O)N1CC2CC(c3nnc(-c4cc5c(cc4F)S(=O)(=O)C[C@H](N)C(=O)N5Cc4ccc(Cl)cc4)o3)(C2)C1.CS(=O)(=O)N1CC2CC(c3nnc(-c4cc5c(cc4F)S(=O)(=O)C[C@H](N)C(=O)N5Cc4ccc(Cl)cc4)o3)(C2)C1. The van der Waals surface area contributed by atoms with Gasteiger partial charge >= 0.3 is 6.09 Å². The lowest BCUT2D eigenvalue weighted by Gasteiger charge is -2.53. The molecule has 2 aromatic heterocycles. The van der Waals surface area contributed by atoms with Crippen LogP contribution in [0.1, 0.15) is 48.6 Å². The number of carbonyl (C=O) groups is 3. The van der Waals surface area contributed by atoms with Gasteiger partial charge in [-0.25, -0.2) is 43.1 Å². The zero-order chi connectivity index (χ0) is 57.0. The van der Waals surface area contributed by atoms with Crippen molar-refractivity contribution in [2.45, 2.75) is 71.5 Å². The summed E-state index contributed by atoms with van der Waals surface area (Å²) in [6.07, 6.45) is 3.48. The van der Waals surface area contributed by atoms with Crippen LogP contribution in [0.2, 0.25) is 10.0 Å². The van der Waals surface area contributed by atoms with Crippen LogP contribution < -0.4 is 21.3 Å². The molecule has 0 radical (unpaired) electrons. The molecule has 4 N–H and O–H groups in total. The molecule has 2 atom stereocenters. The van der Waals surface area contributed by atoms with E-state index in [1.54, 1.807) is 53.4 Å². The Morgan fingerprint density at radius 1 is 0.688 bits per heavy atom. The number of benzene rings is 4. The fraction of sp³-hybridized carbons (Fsp3) is 0.392. The van der Waals surface area contributed by atoms with Gasteiger partial charge in [0.25, 0.3) is 11.8 Å². The summed E-state index contributed by atoms with van der Waals surface area (Å²) in [7, 11) is -10.3. The summed E-state index contributed by atoms with van der Waals surface area (Å²) in [5.41, 5.74) is 11.5. The summed E-state index contributed by atoms with van der Waals surface area (Å²) in [6.45, 7) is 1.43.